The Kier molecular flexibility index (Phi) is 17.0. The Morgan fingerprint density at radius 3 is 1.66 bits per heavy atom. The maximum atomic E-state index is 14.8. The molecule has 0 radical (unpaired) electrons. The third kappa shape index (κ3) is 9.70. The maximum Gasteiger partial charge on any atom is 0.315 e. The van der Waals surface area contributed by atoms with Crippen LogP contribution < -0.4 is 0 Å². The van der Waals surface area contributed by atoms with Crippen molar-refractivity contribution >= 4 is 5.97 Å². The van der Waals surface area contributed by atoms with Crippen molar-refractivity contribution in [3.8, 4) is 0 Å². The minimum atomic E-state index is -1.90. The topological polar surface area (TPSA) is 374 Å². The van der Waals surface area contributed by atoms with Gasteiger partial charge < -0.3 is 109 Å². The Hall–Kier alpha value is -1.63. The smallest absolute Gasteiger partial charge is 0.315 e. The summed E-state index contributed by atoms with van der Waals surface area (Å²) < 4.78 is 48.5. The number of fused-ring (bicyclic) bond motifs is 7. The highest BCUT2D eigenvalue weighted by molar-refractivity contribution is 5.79. The molecule has 23 heteroatoms. The number of esters is 1. The predicted molar refractivity (Wildman–Crippen MR) is 263 cm³/mol. The lowest BCUT2D eigenvalue weighted by molar-refractivity contribution is -0.398. The highest BCUT2D eigenvalue weighted by Gasteiger charge is 2.71. The molecule has 0 spiro atoms. The van der Waals surface area contributed by atoms with E-state index < -0.39 is 166 Å². The standard InChI is InChI=1S/C54H88O23/c1-23-32(59)36(63)40(67)44(70-23)75-43-39(66)35(62)28(21-57)73-47(43)76-42-38(65)34(61)27(20-56)72-46(42)74-31-11-12-50(4)29(51(31,5)22-58)10-13-53(7)30(50)9-8-24-25-18-49(2,3)14-16-54(25,17-15-52(24,53)6)48(69)77-45-41(68)37(64)33(60)26(19-55)71-45/h8,23,25-47,55-68H,9-22H2,1-7H3. The molecule has 4 heterocycles. The van der Waals surface area contributed by atoms with Crippen molar-refractivity contribution in [2.24, 2.45) is 50.2 Å². The van der Waals surface area contributed by atoms with Gasteiger partial charge in [0.2, 0.25) is 6.29 Å². The molecule has 29 atom stereocenters. The van der Waals surface area contributed by atoms with Crippen molar-refractivity contribution in [1.82, 2.24) is 0 Å². The average molecular weight is 1110 g/mol. The molecule has 4 saturated heterocycles. The first-order valence-corrected chi connectivity index (χ1v) is 27.9. The van der Waals surface area contributed by atoms with Gasteiger partial charge in [-0.3, -0.25) is 4.79 Å². The average Bonchev–Trinajstić information content (AvgIpc) is 3.56. The summed E-state index contributed by atoms with van der Waals surface area (Å²) in [6, 6.07) is 0. The number of hydrogen-bond acceptors (Lipinski definition) is 23. The number of ether oxygens (including phenoxy) is 8. The van der Waals surface area contributed by atoms with Crippen LogP contribution in [-0.4, -0.2) is 233 Å². The van der Waals surface area contributed by atoms with E-state index in [9.17, 15) is 76.3 Å². The third-order valence-electron chi connectivity index (χ3n) is 21.5. The zero-order valence-electron chi connectivity index (χ0n) is 45.3. The minimum absolute atomic E-state index is 0.0953. The lowest BCUT2D eigenvalue weighted by Crippen LogP contribution is -2.68. The molecular formula is C54H88O23. The van der Waals surface area contributed by atoms with Gasteiger partial charge in [0.15, 0.2) is 18.9 Å². The van der Waals surface area contributed by atoms with Crippen LogP contribution in [0.15, 0.2) is 11.6 Å². The van der Waals surface area contributed by atoms with Crippen molar-refractivity contribution in [3.63, 3.8) is 0 Å². The molecule has 23 nitrogen and oxygen atoms in total. The summed E-state index contributed by atoms with van der Waals surface area (Å²) in [4.78, 5) is 14.8. The fourth-order valence-electron chi connectivity index (χ4n) is 16.4. The van der Waals surface area contributed by atoms with Crippen LogP contribution in [0.4, 0.5) is 0 Å². The third-order valence-corrected chi connectivity index (χ3v) is 21.5. The monoisotopic (exact) mass is 1100 g/mol. The van der Waals surface area contributed by atoms with Gasteiger partial charge in [-0.1, -0.05) is 53.2 Å². The summed E-state index contributed by atoms with van der Waals surface area (Å²) in [6.45, 7) is 12.2. The van der Waals surface area contributed by atoms with Crippen LogP contribution >= 0.6 is 0 Å². The fraction of sp³-hybridized carbons (Fsp3) is 0.944. The fourth-order valence-corrected chi connectivity index (χ4v) is 16.4. The van der Waals surface area contributed by atoms with Crippen LogP contribution in [0.1, 0.15) is 113 Å². The van der Waals surface area contributed by atoms with E-state index in [1.54, 1.807) is 0 Å². The van der Waals surface area contributed by atoms with Crippen molar-refractivity contribution in [2.45, 2.75) is 242 Å². The number of rotatable bonds is 12. The first-order valence-electron chi connectivity index (χ1n) is 27.9. The van der Waals surface area contributed by atoms with Gasteiger partial charge in [-0.15, -0.1) is 0 Å². The lowest BCUT2D eigenvalue weighted by Gasteiger charge is -2.71. The summed E-state index contributed by atoms with van der Waals surface area (Å²) in [6.07, 6.45) is -24.9. The predicted octanol–water partition coefficient (Wildman–Crippen LogP) is -2.04. The van der Waals surface area contributed by atoms with E-state index in [2.05, 4.69) is 40.7 Å². The van der Waals surface area contributed by atoms with E-state index in [0.717, 1.165) is 12.8 Å². The Morgan fingerprint density at radius 1 is 0.558 bits per heavy atom. The van der Waals surface area contributed by atoms with Gasteiger partial charge in [0, 0.05) is 5.41 Å². The molecular weight excluding hydrogens is 1020 g/mol. The van der Waals surface area contributed by atoms with Crippen LogP contribution in [0.3, 0.4) is 0 Å². The van der Waals surface area contributed by atoms with Crippen molar-refractivity contribution in [3.05, 3.63) is 11.6 Å². The van der Waals surface area contributed by atoms with Gasteiger partial charge in [0.1, 0.15) is 91.6 Å². The van der Waals surface area contributed by atoms with E-state index in [-0.39, 0.29) is 46.0 Å². The second kappa shape index (κ2) is 21.8. The van der Waals surface area contributed by atoms with E-state index in [1.165, 1.54) is 12.5 Å². The molecule has 0 bridgehead atoms. The molecule has 5 aliphatic carbocycles. The molecule has 29 unspecified atom stereocenters. The van der Waals surface area contributed by atoms with E-state index in [0.29, 0.717) is 51.4 Å². The molecule has 0 amide bonds. The molecule has 4 aliphatic heterocycles. The summed E-state index contributed by atoms with van der Waals surface area (Å²) in [5.41, 5.74) is -1.89. The molecule has 9 rings (SSSR count). The highest BCUT2D eigenvalue weighted by Crippen LogP contribution is 2.76. The Balaban J connectivity index is 0.976. The number of hydrogen-bond donors (Lipinski definition) is 14. The Morgan fingerprint density at radius 2 is 1.08 bits per heavy atom. The first-order chi connectivity index (χ1) is 36.1. The number of allylic oxidation sites excluding steroid dienone is 2. The zero-order valence-corrected chi connectivity index (χ0v) is 45.3. The first kappa shape index (κ1) is 60.0. The highest BCUT2D eigenvalue weighted by atomic mass is 16.8. The van der Waals surface area contributed by atoms with Gasteiger partial charge in [0.25, 0.3) is 0 Å². The normalized spacial score (nSPS) is 54.7. The molecule has 14 N–H and O–H groups in total. The lowest BCUT2D eigenvalue weighted by atomic mass is 9.33. The molecule has 0 aromatic carbocycles. The van der Waals surface area contributed by atoms with Crippen molar-refractivity contribution in [2.75, 3.05) is 26.4 Å². The van der Waals surface area contributed by atoms with E-state index in [1.807, 2.05) is 6.92 Å². The molecule has 0 aromatic heterocycles. The Labute approximate surface area is 449 Å². The summed E-state index contributed by atoms with van der Waals surface area (Å²) in [5.74, 6) is -0.811. The van der Waals surface area contributed by atoms with Crippen LogP contribution in [0.5, 0.6) is 0 Å². The van der Waals surface area contributed by atoms with Gasteiger partial charge in [-0.25, -0.2) is 0 Å². The van der Waals surface area contributed by atoms with Gasteiger partial charge in [0.05, 0.1) is 44.1 Å². The minimum Gasteiger partial charge on any atom is -0.432 e. The summed E-state index contributed by atoms with van der Waals surface area (Å²) >= 11 is 0. The number of carbonyl (C=O) groups is 1. The van der Waals surface area contributed by atoms with Crippen LogP contribution in [-0.2, 0) is 42.7 Å². The van der Waals surface area contributed by atoms with E-state index >= 15 is 0 Å². The molecule has 9 aliphatic rings. The largest absolute Gasteiger partial charge is 0.432 e. The number of aliphatic hydroxyl groups is 14. The van der Waals surface area contributed by atoms with E-state index in [4.69, 9.17) is 37.9 Å². The second-order valence-electron chi connectivity index (χ2n) is 26.1. The van der Waals surface area contributed by atoms with Crippen molar-refractivity contribution in [1.29, 1.82) is 0 Å². The van der Waals surface area contributed by atoms with Crippen LogP contribution in [0.25, 0.3) is 0 Å². The molecule has 8 fully saturated rings. The van der Waals surface area contributed by atoms with Gasteiger partial charge in [-0.2, -0.15) is 0 Å². The maximum absolute atomic E-state index is 14.8. The number of aliphatic hydroxyl groups excluding tert-OH is 14. The SMILES string of the molecule is CC1OC(OC2C(OC3C(OC4CCC5(C)C(CCC6(C)C5CC=C5C7CC(C)(C)CCC7(C(=O)OC7OC(CO)C(O)C(O)C7O)CCC56C)C4(C)CO)OC(CO)C(O)C3O)OC(CO)C(O)C2O)C(O)C(O)C1O. The summed E-state index contributed by atoms with van der Waals surface area (Å²) in [5, 5.41) is 151. The van der Waals surface area contributed by atoms with Crippen molar-refractivity contribution < 1.29 is 114 Å². The quantitative estimate of drug-likeness (QED) is 0.0569. The molecule has 77 heavy (non-hydrogen) atoms. The van der Waals surface area contributed by atoms with Gasteiger partial charge >= 0.3 is 5.97 Å². The van der Waals surface area contributed by atoms with Crippen LogP contribution in [0, 0.1) is 50.2 Å². The summed E-state index contributed by atoms with van der Waals surface area (Å²) in [7, 11) is 0. The molecule has 4 saturated carbocycles. The molecule has 442 valence electrons. The van der Waals surface area contributed by atoms with Crippen LogP contribution in [0.2, 0.25) is 0 Å². The second-order valence-corrected chi connectivity index (χ2v) is 26.1. The van der Waals surface area contributed by atoms with Gasteiger partial charge in [-0.05, 0) is 111 Å². The molecule has 0 aromatic rings. The zero-order chi connectivity index (χ0) is 56.3. The Bertz CT molecular complexity index is 2120. The number of carbonyl (C=O) groups excluding carboxylic acids is 1.